The van der Waals surface area contributed by atoms with Crippen molar-refractivity contribution in [2.45, 2.75) is 44.9 Å². The molecule has 0 aromatic heterocycles. The molecule has 4 heteroatoms. The maximum atomic E-state index is 12.7. The molecule has 4 nitrogen and oxygen atoms in total. The van der Waals surface area contributed by atoms with Gasteiger partial charge in [0.15, 0.2) is 6.29 Å². The van der Waals surface area contributed by atoms with Gasteiger partial charge in [0.1, 0.15) is 0 Å². The fourth-order valence-corrected chi connectivity index (χ4v) is 2.14. The highest BCUT2D eigenvalue weighted by Gasteiger charge is 2.33. The van der Waals surface area contributed by atoms with Gasteiger partial charge in [0.2, 0.25) is 0 Å². The molecule has 0 bridgehead atoms. The van der Waals surface area contributed by atoms with Crippen molar-refractivity contribution in [3.05, 3.63) is 48.6 Å². The third kappa shape index (κ3) is 3.93. The van der Waals surface area contributed by atoms with E-state index in [9.17, 15) is 4.79 Å². The minimum Gasteiger partial charge on any atom is -0.350 e. The molecule has 1 fully saturated rings. The fourth-order valence-electron chi connectivity index (χ4n) is 2.14. The Kier molecular flexibility index (Phi) is 5.15. The lowest BCUT2D eigenvalue weighted by atomic mass is 10.0. The minimum absolute atomic E-state index is 0.185. The predicted octanol–water partition coefficient (Wildman–Crippen LogP) is 3.55. The monoisotopic (exact) mass is 289 g/mol. The Morgan fingerprint density at radius 3 is 2.67 bits per heavy atom. The van der Waals surface area contributed by atoms with Gasteiger partial charge in [0.25, 0.3) is 5.91 Å². The number of ether oxygens (including phenoxy) is 1. The molecule has 1 aromatic rings. The lowest BCUT2D eigenvalue weighted by Crippen LogP contribution is -2.49. The fraction of sp³-hybridized carbons (Fsp3) is 0.471. The Balaban J connectivity index is 2.19. The van der Waals surface area contributed by atoms with Crippen molar-refractivity contribution in [2.24, 2.45) is 0 Å². The van der Waals surface area contributed by atoms with Crippen molar-refractivity contribution in [2.75, 3.05) is 6.61 Å². The molecule has 1 unspecified atom stereocenters. The summed E-state index contributed by atoms with van der Waals surface area (Å²) in [5.74, 6) is -0.185. The lowest BCUT2D eigenvalue weighted by molar-refractivity contribution is -0.286. The van der Waals surface area contributed by atoms with Crippen LogP contribution >= 0.6 is 0 Å². The number of hydroxylamine groups is 2. The number of amides is 1. The van der Waals surface area contributed by atoms with E-state index in [4.69, 9.17) is 9.57 Å². The first-order valence-corrected chi connectivity index (χ1v) is 7.36. The second kappa shape index (κ2) is 6.87. The summed E-state index contributed by atoms with van der Waals surface area (Å²) in [6.45, 7) is 8.27. The van der Waals surface area contributed by atoms with Crippen molar-refractivity contribution in [3.63, 3.8) is 0 Å². The summed E-state index contributed by atoms with van der Waals surface area (Å²) in [7, 11) is 0. The number of nitrogens with zero attached hydrogens (tertiary/aromatic N) is 1. The van der Waals surface area contributed by atoms with E-state index < -0.39 is 5.54 Å². The Morgan fingerprint density at radius 2 is 2.10 bits per heavy atom. The molecule has 1 saturated heterocycles. The van der Waals surface area contributed by atoms with Crippen molar-refractivity contribution < 1.29 is 14.4 Å². The number of carbonyl (C=O) groups excluding carboxylic acids is 1. The normalized spacial score (nSPS) is 19.0. The maximum Gasteiger partial charge on any atom is 0.278 e. The van der Waals surface area contributed by atoms with E-state index in [1.54, 1.807) is 18.2 Å². The van der Waals surface area contributed by atoms with Crippen LogP contribution in [0.1, 0.15) is 43.5 Å². The van der Waals surface area contributed by atoms with E-state index in [0.717, 1.165) is 19.3 Å². The largest absolute Gasteiger partial charge is 0.350 e. The van der Waals surface area contributed by atoms with Crippen LogP contribution in [0.5, 0.6) is 0 Å². The van der Waals surface area contributed by atoms with Crippen LogP contribution in [0.15, 0.2) is 43.0 Å². The van der Waals surface area contributed by atoms with Gasteiger partial charge in [-0.25, -0.2) is 9.90 Å². The summed E-state index contributed by atoms with van der Waals surface area (Å²) in [6, 6.07) is 9.11. The van der Waals surface area contributed by atoms with Crippen molar-refractivity contribution in [1.29, 1.82) is 0 Å². The molecule has 1 atom stereocenters. The zero-order valence-corrected chi connectivity index (χ0v) is 12.7. The quantitative estimate of drug-likeness (QED) is 0.614. The van der Waals surface area contributed by atoms with E-state index in [1.807, 2.05) is 32.0 Å². The zero-order valence-electron chi connectivity index (χ0n) is 12.7. The SMILES string of the molecule is C=CC(C)(C)N(OC1CCCCO1)C(=O)c1ccccc1. The Bertz CT molecular complexity index is 478. The molecule has 114 valence electrons. The molecule has 0 spiro atoms. The smallest absolute Gasteiger partial charge is 0.278 e. The van der Waals surface area contributed by atoms with Gasteiger partial charge in [-0.2, -0.15) is 0 Å². The van der Waals surface area contributed by atoms with E-state index in [2.05, 4.69) is 6.58 Å². The molecule has 1 amide bonds. The number of hydrogen-bond donors (Lipinski definition) is 0. The number of benzene rings is 1. The molecule has 0 saturated carbocycles. The van der Waals surface area contributed by atoms with Crippen molar-refractivity contribution >= 4 is 5.91 Å². The lowest BCUT2D eigenvalue weighted by Gasteiger charge is -2.38. The molecule has 1 aliphatic heterocycles. The summed E-state index contributed by atoms with van der Waals surface area (Å²) >= 11 is 0. The van der Waals surface area contributed by atoms with Gasteiger partial charge in [0, 0.05) is 18.6 Å². The first-order valence-electron chi connectivity index (χ1n) is 7.36. The third-order valence-corrected chi connectivity index (χ3v) is 3.59. The molecule has 21 heavy (non-hydrogen) atoms. The summed E-state index contributed by atoms with van der Waals surface area (Å²) < 4.78 is 5.58. The standard InChI is InChI=1S/C17H23NO3/c1-4-17(2,3)18(21-15-12-8-9-13-20-15)16(19)14-10-6-5-7-11-14/h4-7,10-11,15H,1,8-9,12-13H2,2-3H3. The second-order valence-electron chi connectivity index (χ2n) is 5.72. The third-order valence-electron chi connectivity index (χ3n) is 3.59. The number of hydrogen-bond acceptors (Lipinski definition) is 3. The molecular formula is C17H23NO3. The average molecular weight is 289 g/mol. The molecule has 1 aromatic carbocycles. The van der Waals surface area contributed by atoms with Crippen LogP contribution in [-0.4, -0.2) is 29.4 Å². The second-order valence-corrected chi connectivity index (χ2v) is 5.72. The molecule has 0 N–H and O–H groups in total. The van der Waals surface area contributed by atoms with Gasteiger partial charge in [-0.15, -0.1) is 6.58 Å². The summed E-state index contributed by atoms with van der Waals surface area (Å²) in [6.07, 6.45) is 4.22. The van der Waals surface area contributed by atoms with Gasteiger partial charge < -0.3 is 4.74 Å². The number of rotatable bonds is 5. The van der Waals surface area contributed by atoms with E-state index in [1.165, 1.54) is 5.06 Å². The van der Waals surface area contributed by atoms with Crippen LogP contribution in [0, 0.1) is 0 Å². The van der Waals surface area contributed by atoms with Crippen molar-refractivity contribution in [3.8, 4) is 0 Å². The molecule has 0 radical (unpaired) electrons. The van der Waals surface area contributed by atoms with Crippen LogP contribution < -0.4 is 0 Å². The summed E-state index contributed by atoms with van der Waals surface area (Å²) in [5, 5.41) is 1.38. The van der Waals surface area contributed by atoms with Crippen LogP contribution in [-0.2, 0) is 9.57 Å². The topological polar surface area (TPSA) is 38.8 Å². The van der Waals surface area contributed by atoms with Crippen LogP contribution in [0.25, 0.3) is 0 Å². The van der Waals surface area contributed by atoms with Crippen LogP contribution in [0.2, 0.25) is 0 Å². The van der Waals surface area contributed by atoms with E-state index in [-0.39, 0.29) is 12.2 Å². The maximum absolute atomic E-state index is 12.7. The Labute approximate surface area is 126 Å². The Hall–Kier alpha value is -1.65. The molecule has 1 heterocycles. The minimum atomic E-state index is -0.617. The highest BCUT2D eigenvalue weighted by atomic mass is 16.8. The van der Waals surface area contributed by atoms with Gasteiger partial charge in [-0.3, -0.25) is 4.79 Å². The van der Waals surface area contributed by atoms with Crippen LogP contribution in [0.3, 0.4) is 0 Å². The first-order chi connectivity index (χ1) is 10.0. The summed E-state index contributed by atoms with van der Waals surface area (Å²) in [4.78, 5) is 18.6. The Morgan fingerprint density at radius 1 is 1.38 bits per heavy atom. The van der Waals surface area contributed by atoms with Crippen LogP contribution in [0.4, 0.5) is 0 Å². The van der Waals surface area contributed by atoms with Gasteiger partial charge in [-0.05, 0) is 38.8 Å². The summed E-state index contributed by atoms with van der Waals surface area (Å²) in [5.41, 5.74) is -0.0310. The molecule has 1 aliphatic rings. The van der Waals surface area contributed by atoms with Gasteiger partial charge >= 0.3 is 0 Å². The molecule has 2 rings (SSSR count). The average Bonchev–Trinajstić information content (AvgIpc) is 2.53. The number of carbonyl (C=O) groups is 1. The van der Waals surface area contributed by atoms with E-state index >= 15 is 0 Å². The first kappa shape index (κ1) is 15.7. The predicted molar refractivity (Wildman–Crippen MR) is 81.6 cm³/mol. The molecule has 0 aliphatic carbocycles. The molecular weight excluding hydrogens is 266 g/mol. The van der Waals surface area contributed by atoms with Gasteiger partial charge in [0.05, 0.1) is 5.54 Å². The van der Waals surface area contributed by atoms with E-state index in [0.29, 0.717) is 12.2 Å². The van der Waals surface area contributed by atoms with Gasteiger partial charge in [-0.1, -0.05) is 24.3 Å². The van der Waals surface area contributed by atoms with Crippen molar-refractivity contribution in [1.82, 2.24) is 5.06 Å². The zero-order chi connectivity index (χ0) is 15.3. The highest BCUT2D eigenvalue weighted by molar-refractivity contribution is 5.94. The highest BCUT2D eigenvalue weighted by Crippen LogP contribution is 2.24.